The van der Waals surface area contributed by atoms with Crippen molar-refractivity contribution in [3.63, 3.8) is 0 Å². The topological polar surface area (TPSA) is 73.9 Å². The predicted octanol–water partition coefficient (Wildman–Crippen LogP) is 3.49. The van der Waals surface area contributed by atoms with Crippen LogP contribution < -0.4 is 10.1 Å². The Morgan fingerprint density at radius 1 is 1.14 bits per heavy atom. The van der Waals surface area contributed by atoms with Crippen molar-refractivity contribution in [3.05, 3.63) is 52.4 Å². The highest BCUT2D eigenvalue weighted by atomic mass is 16.6. The molecule has 6 heteroatoms. The molecule has 29 heavy (non-hydrogen) atoms. The van der Waals surface area contributed by atoms with E-state index in [-0.39, 0.29) is 17.8 Å². The van der Waals surface area contributed by atoms with Gasteiger partial charge < -0.3 is 19.5 Å². The zero-order chi connectivity index (χ0) is 21.2. The van der Waals surface area contributed by atoms with Gasteiger partial charge in [0.2, 0.25) is 0 Å². The fourth-order valence-electron chi connectivity index (χ4n) is 4.13. The van der Waals surface area contributed by atoms with Gasteiger partial charge in [0.1, 0.15) is 12.4 Å². The molecule has 3 rings (SSSR count). The van der Waals surface area contributed by atoms with Gasteiger partial charge in [0.25, 0.3) is 0 Å². The number of benzene rings is 1. The Kier molecular flexibility index (Phi) is 6.13. The fraction of sp³-hybridized carbons (Fsp3) is 0.478. The fourth-order valence-corrected chi connectivity index (χ4v) is 4.13. The number of nitrogens with one attached hydrogen (secondary N) is 1. The van der Waals surface area contributed by atoms with Gasteiger partial charge in [-0.25, -0.2) is 4.79 Å². The van der Waals surface area contributed by atoms with Gasteiger partial charge in [0.05, 0.1) is 19.3 Å². The van der Waals surface area contributed by atoms with E-state index < -0.39 is 11.9 Å². The summed E-state index contributed by atoms with van der Waals surface area (Å²) in [5, 5.41) is 3.33. The third kappa shape index (κ3) is 4.37. The van der Waals surface area contributed by atoms with Crippen LogP contribution in [0.3, 0.4) is 0 Å². The van der Waals surface area contributed by atoms with Crippen LogP contribution in [0.2, 0.25) is 0 Å². The van der Waals surface area contributed by atoms with E-state index in [1.165, 1.54) is 0 Å². The van der Waals surface area contributed by atoms with Gasteiger partial charge in [-0.3, -0.25) is 4.79 Å². The molecular formula is C23H29NO5. The van der Waals surface area contributed by atoms with Crippen molar-refractivity contribution >= 4 is 11.8 Å². The molecule has 156 valence electrons. The quantitative estimate of drug-likeness (QED) is 0.583. The molecule has 0 aromatic heterocycles. The monoisotopic (exact) mass is 399 g/mol. The second-order valence-corrected chi connectivity index (χ2v) is 8.33. The molecular weight excluding hydrogens is 370 g/mol. The number of ketones is 1. The summed E-state index contributed by atoms with van der Waals surface area (Å²) in [4.78, 5) is 26.1. The van der Waals surface area contributed by atoms with Crippen molar-refractivity contribution in [2.45, 2.75) is 39.5 Å². The average Bonchev–Trinajstić information content (AvgIpc) is 2.66. The maximum Gasteiger partial charge on any atom is 0.336 e. The van der Waals surface area contributed by atoms with Gasteiger partial charge >= 0.3 is 5.97 Å². The minimum absolute atomic E-state index is 0.0688. The number of carbonyl (C=O) groups excluding carboxylic acids is 2. The molecule has 0 saturated carbocycles. The summed E-state index contributed by atoms with van der Waals surface area (Å²) >= 11 is 0. The number of allylic oxidation sites excluding steroid dienone is 3. The molecule has 1 unspecified atom stereocenters. The van der Waals surface area contributed by atoms with Gasteiger partial charge in [-0.1, -0.05) is 26.0 Å². The van der Waals surface area contributed by atoms with Crippen molar-refractivity contribution in [2.24, 2.45) is 5.41 Å². The van der Waals surface area contributed by atoms with E-state index >= 15 is 0 Å². The van der Waals surface area contributed by atoms with E-state index in [4.69, 9.17) is 14.2 Å². The lowest BCUT2D eigenvalue weighted by Gasteiger charge is -2.39. The molecule has 1 aromatic rings. The molecule has 1 aromatic carbocycles. The van der Waals surface area contributed by atoms with Gasteiger partial charge in [-0.05, 0) is 36.5 Å². The number of methoxy groups -OCH3 is 2. The molecule has 2 aliphatic rings. The van der Waals surface area contributed by atoms with Crippen molar-refractivity contribution < 1.29 is 23.8 Å². The summed E-state index contributed by atoms with van der Waals surface area (Å²) < 4.78 is 15.7. The molecule has 0 bridgehead atoms. The average molecular weight is 399 g/mol. The minimum atomic E-state index is -0.462. The van der Waals surface area contributed by atoms with Crippen molar-refractivity contribution in [1.82, 2.24) is 5.32 Å². The highest BCUT2D eigenvalue weighted by Gasteiger charge is 2.43. The molecule has 0 spiro atoms. The van der Waals surface area contributed by atoms with Crippen LogP contribution in [0.5, 0.6) is 5.75 Å². The molecule has 0 radical (unpaired) electrons. The van der Waals surface area contributed by atoms with Gasteiger partial charge in [0.15, 0.2) is 5.78 Å². The predicted molar refractivity (Wildman–Crippen MR) is 109 cm³/mol. The Labute approximate surface area is 171 Å². The number of ether oxygens (including phenoxy) is 3. The number of dihydropyridines is 1. The van der Waals surface area contributed by atoms with E-state index in [0.717, 1.165) is 29.1 Å². The number of Topliss-reactive ketones (excluding diaryl/α,β-unsaturated/α-hetero) is 1. The normalized spacial score (nSPS) is 20.9. The lowest BCUT2D eigenvalue weighted by molar-refractivity contribution is -0.140. The van der Waals surface area contributed by atoms with Gasteiger partial charge in [-0.15, -0.1) is 0 Å². The molecule has 6 nitrogen and oxygen atoms in total. The first-order valence-electron chi connectivity index (χ1n) is 9.81. The van der Waals surface area contributed by atoms with Crippen LogP contribution >= 0.6 is 0 Å². The molecule has 1 aliphatic carbocycles. The highest BCUT2D eigenvalue weighted by Crippen LogP contribution is 2.46. The number of carbonyl (C=O) groups is 2. The highest BCUT2D eigenvalue weighted by molar-refractivity contribution is 6.04. The van der Waals surface area contributed by atoms with Crippen molar-refractivity contribution in [3.8, 4) is 5.75 Å². The molecule has 0 saturated heterocycles. The van der Waals surface area contributed by atoms with Crippen LogP contribution in [-0.4, -0.2) is 39.2 Å². The summed E-state index contributed by atoms with van der Waals surface area (Å²) in [6, 6.07) is 7.50. The van der Waals surface area contributed by atoms with Gasteiger partial charge in [-0.2, -0.15) is 0 Å². The standard InChI is InChI=1S/C23H29NO5/c1-14-19(22(26)29-11-10-27-4)20(15-6-8-16(28-5)9-7-15)21-17(24-14)12-23(2,3)13-18(21)25/h6-9,20,24H,10-13H2,1-5H3. The van der Waals surface area contributed by atoms with Crippen LogP contribution in [-0.2, 0) is 19.1 Å². The summed E-state index contributed by atoms with van der Waals surface area (Å²) in [5.41, 5.74) is 3.50. The summed E-state index contributed by atoms with van der Waals surface area (Å²) in [7, 11) is 3.16. The Balaban J connectivity index is 2.07. The first-order chi connectivity index (χ1) is 13.8. The molecule has 0 amide bonds. The van der Waals surface area contributed by atoms with Crippen LogP contribution in [0.1, 0.15) is 45.1 Å². The van der Waals surface area contributed by atoms with E-state index in [1.807, 2.05) is 31.2 Å². The van der Waals surface area contributed by atoms with Crippen molar-refractivity contribution in [1.29, 1.82) is 0 Å². The van der Waals surface area contributed by atoms with E-state index in [2.05, 4.69) is 19.2 Å². The lowest BCUT2D eigenvalue weighted by atomic mass is 9.68. The minimum Gasteiger partial charge on any atom is -0.497 e. The van der Waals surface area contributed by atoms with Crippen LogP contribution in [0.15, 0.2) is 46.8 Å². The zero-order valence-corrected chi connectivity index (χ0v) is 17.8. The third-order valence-corrected chi connectivity index (χ3v) is 5.43. The zero-order valence-electron chi connectivity index (χ0n) is 17.8. The molecule has 1 heterocycles. The van der Waals surface area contributed by atoms with Gasteiger partial charge in [0, 0.05) is 36.4 Å². The molecule has 1 aliphatic heterocycles. The van der Waals surface area contributed by atoms with E-state index in [1.54, 1.807) is 14.2 Å². The number of hydrogen-bond donors (Lipinski definition) is 1. The lowest BCUT2D eigenvalue weighted by Crippen LogP contribution is -2.38. The molecule has 0 fully saturated rings. The number of hydrogen-bond acceptors (Lipinski definition) is 6. The second-order valence-electron chi connectivity index (χ2n) is 8.33. The maximum atomic E-state index is 13.2. The Morgan fingerprint density at radius 2 is 1.83 bits per heavy atom. The second kappa shape index (κ2) is 8.41. The van der Waals surface area contributed by atoms with Crippen LogP contribution in [0.4, 0.5) is 0 Å². The number of rotatable bonds is 6. The SMILES string of the molecule is COCCOC(=O)C1=C(C)NC2=C(C(=O)CC(C)(C)C2)C1c1ccc(OC)cc1. The van der Waals surface area contributed by atoms with Crippen LogP contribution in [0.25, 0.3) is 0 Å². The molecule has 1 atom stereocenters. The summed E-state index contributed by atoms with van der Waals surface area (Å²) in [6.45, 7) is 6.52. The Bertz CT molecular complexity index is 864. The Hall–Kier alpha value is -2.60. The Morgan fingerprint density at radius 3 is 2.45 bits per heavy atom. The number of esters is 1. The first kappa shape index (κ1) is 21.1. The maximum absolute atomic E-state index is 13.2. The summed E-state index contributed by atoms with van der Waals surface area (Å²) in [5.74, 6) is -0.106. The smallest absolute Gasteiger partial charge is 0.336 e. The third-order valence-electron chi connectivity index (χ3n) is 5.43. The van der Waals surface area contributed by atoms with E-state index in [0.29, 0.717) is 24.2 Å². The largest absolute Gasteiger partial charge is 0.497 e. The van der Waals surface area contributed by atoms with Crippen LogP contribution in [0, 0.1) is 5.41 Å². The first-order valence-corrected chi connectivity index (χ1v) is 9.81. The van der Waals surface area contributed by atoms with Crippen molar-refractivity contribution in [2.75, 3.05) is 27.4 Å². The van der Waals surface area contributed by atoms with E-state index in [9.17, 15) is 9.59 Å². The summed E-state index contributed by atoms with van der Waals surface area (Å²) in [6.07, 6.45) is 1.20. The molecule has 1 N–H and O–H groups in total.